The first-order valence-corrected chi connectivity index (χ1v) is 11.7. The summed E-state index contributed by atoms with van der Waals surface area (Å²) < 4.78 is 29.6. The summed E-state index contributed by atoms with van der Waals surface area (Å²) >= 11 is 0. The molecule has 0 radical (unpaired) electrons. The molecule has 0 aliphatic carbocycles. The molecule has 3 rings (SSSR count). The van der Waals surface area contributed by atoms with Gasteiger partial charge in [-0.25, -0.2) is 17.8 Å². The van der Waals surface area contributed by atoms with Crippen LogP contribution in [0, 0.1) is 20.8 Å². The second-order valence-corrected chi connectivity index (χ2v) is 9.30. The van der Waals surface area contributed by atoms with Gasteiger partial charge in [0, 0.05) is 31.9 Å². The van der Waals surface area contributed by atoms with Gasteiger partial charge in [0.05, 0.1) is 10.6 Å². The van der Waals surface area contributed by atoms with Crippen molar-refractivity contribution < 1.29 is 13.2 Å². The van der Waals surface area contributed by atoms with Crippen LogP contribution in [0.4, 0.5) is 0 Å². The van der Waals surface area contributed by atoms with Gasteiger partial charge in [0.15, 0.2) is 0 Å². The Bertz CT molecular complexity index is 1120. The highest BCUT2D eigenvalue weighted by Gasteiger charge is 2.19. The van der Waals surface area contributed by atoms with Crippen LogP contribution in [-0.2, 0) is 21.2 Å². The number of benzene rings is 2. The summed E-state index contributed by atoms with van der Waals surface area (Å²) in [5, 5.41) is 7.03. The molecule has 0 aliphatic heterocycles. The molecular formula is C23H28N4O3S. The van der Waals surface area contributed by atoms with E-state index >= 15 is 0 Å². The quantitative estimate of drug-likeness (QED) is 0.535. The van der Waals surface area contributed by atoms with Crippen LogP contribution in [0.25, 0.3) is 5.69 Å². The summed E-state index contributed by atoms with van der Waals surface area (Å²) in [7, 11) is -3.66. The van der Waals surface area contributed by atoms with Crippen molar-refractivity contribution in [3.05, 3.63) is 77.1 Å². The highest BCUT2D eigenvalue weighted by atomic mass is 32.2. The van der Waals surface area contributed by atoms with Crippen molar-refractivity contribution in [1.82, 2.24) is 19.8 Å². The number of carbonyl (C=O) groups excluding carboxylic acids is 1. The Hall–Kier alpha value is -2.97. The first-order chi connectivity index (χ1) is 14.8. The summed E-state index contributed by atoms with van der Waals surface area (Å²) in [4.78, 5) is 12.4. The van der Waals surface area contributed by atoms with E-state index in [0.29, 0.717) is 24.1 Å². The Morgan fingerprint density at radius 1 is 1.03 bits per heavy atom. The zero-order valence-electron chi connectivity index (χ0n) is 18.1. The minimum absolute atomic E-state index is 0.0550. The van der Waals surface area contributed by atoms with Crippen LogP contribution in [0.3, 0.4) is 0 Å². The third-order valence-electron chi connectivity index (χ3n) is 4.96. The molecule has 2 N–H and O–H groups in total. The number of aromatic nitrogens is 2. The Morgan fingerprint density at radius 3 is 2.32 bits per heavy atom. The molecule has 1 amide bonds. The van der Waals surface area contributed by atoms with E-state index in [9.17, 15) is 13.2 Å². The van der Waals surface area contributed by atoms with E-state index in [0.717, 1.165) is 16.8 Å². The molecule has 0 saturated carbocycles. The number of carbonyl (C=O) groups is 1. The van der Waals surface area contributed by atoms with Gasteiger partial charge >= 0.3 is 0 Å². The van der Waals surface area contributed by atoms with Gasteiger partial charge in [-0.15, -0.1) is 0 Å². The van der Waals surface area contributed by atoms with Crippen molar-refractivity contribution in [2.45, 2.75) is 38.5 Å². The average molecular weight is 441 g/mol. The lowest BCUT2D eigenvalue weighted by molar-refractivity contribution is -0.120. The van der Waals surface area contributed by atoms with Crippen molar-refractivity contribution in [3.8, 4) is 5.69 Å². The molecule has 0 bridgehead atoms. The lowest BCUT2D eigenvalue weighted by atomic mass is 10.1. The fourth-order valence-electron chi connectivity index (χ4n) is 3.63. The smallest absolute Gasteiger partial charge is 0.241 e. The van der Waals surface area contributed by atoms with E-state index in [1.54, 1.807) is 24.7 Å². The van der Waals surface area contributed by atoms with Crippen molar-refractivity contribution in [2.24, 2.45) is 0 Å². The van der Waals surface area contributed by atoms with Gasteiger partial charge in [-0.3, -0.25) is 4.79 Å². The third kappa shape index (κ3) is 6.02. The Morgan fingerprint density at radius 2 is 1.71 bits per heavy atom. The normalized spacial score (nSPS) is 11.5. The molecule has 0 fully saturated rings. The van der Waals surface area contributed by atoms with E-state index in [2.05, 4.69) is 15.1 Å². The van der Waals surface area contributed by atoms with Crippen molar-refractivity contribution in [3.63, 3.8) is 0 Å². The fraction of sp³-hybridized carbons (Fsp3) is 0.304. The van der Waals surface area contributed by atoms with Gasteiger partial charge in [0.25, 0.3) is 0 Å². The van der Waals surface area contributed by atoms with Crippen LogP contribution < -0.4 is 10.0 Å². The number of rotatable bonds is 9. The van der Waals surface area contributed by atoms with Crippen LogP contribution in [0.5, 0.6) is 0 Å². The van der Waals surface area contributed by atoms with E-state index in [4.69, 9.17) is 0 Å². The Kier molecular flexibility index (Phi) is 7.25. The summed E-state index contributed by atoms with van der Waals surface area (Å²) in [5.74, 6) is -0.187. The number of amides is 1. The summed E-state index contributed by atoms with van der Waals surface area (Å²) in [6.45, 7) is 6.04. The Labute approximate surface area is 183 Å². The number of hydrogen-bond acceptors (Lipinski definition) is 4. The molecule has 3 aromatic rings. The van der Waals surface area contributed by atoms with Crippen molar-refractivity contribution in [1.29, 1.82) is 0 Å². The largest absolute Gasteiger partial charge is 0.356 e. The van der Waals surface area contributed by atoms with Crippen molar-refractivity contribution >= 4 is 15.9 Å². The first kappa shape index (κ1) is 22.7. The van der Waals surface area contributed by atoms with E-state index in [1.807, 2.05) is 55.6 Å². The van der Waals surface area contributed by atoms with Crippen LogP contribution in [0.1, 0.15) is 28.7 Å². The molecule has 0 saturated heterocycles. The second kappa shape index (κ2) is 9.89. The molecule has 31 heavy (non-hydrogen) atoms. The van der Waals surface area contributed by atoms with Gasteiger partial charge in [0.2, 0.25) is 15.9 Å². The summed E-state index contributed by atoms with van der Waals surface area (Å²) in [6.07, 6.45) is 4.39. The van der Waals surface area contributed by atoms with E-state index in [-0.39, 0.29) is 23.8 Å². The Balaban J connectivity index is 1.43. The second-order valence-electron chi connectivity index (χ2n) is 7.59. The zero-order chi connectivity index (χ0) is 22.4. The topological polar surface area (TPSA) is 93.1 Å². The molecule has 1 heterocycles. The van der Waals surface area contributed by atoms with Crippen LogP contribution in [0.15, 0.2) is 59.8 Å². The van der Waals surface area contributed by atoms with Crippen LogP contribution in [-0.4, -0.2) is 37.2 Å². The van der Waals surface area contributed by atoms with Crippen LogP contribution >= 0.6 is 0 Å². The predicted octanol–water partition coefficient (Wildman–Crippen LogP) is 2.82. The SMILES string of the molecule is Cc1cc(C)c(S(=O)(=O)NCCC(=O)NCCc2ccc(-n3cccn3)cc2)c(C)c1. The van der Waals surface area contributed by atoms with Crippen LogP contribution in [0.2, 0.25) is 0 Å². The maximum absolute atomic E-state index is 12.6. The van der Waals surface area contributed by atoms with Gasteiger partial charge < -0.3 is 5.32 Å². The number of sulfonamides is 1. The highest BCUT2D eigenvalue weighted by Crippen LogP contribution is 2.21. The lowest BCUT2D eigenvalue weighted by Crippen LogP contribution is -2.32. The van der Waals surface area contributed by atoms with Crippen molar-refractivity contribution in [2.75, 3.05) is 13.1 Å². The van der Waals surface area contributed by atoms with Gasteiger partial charge in [-0.2, -0.15) is 5.10 Å². The molecule has 7 nitrogen and oxygen atoms in total. The number of nitrogens with zero attached hydrogens (tertiary/aromatic N) is 2. The first-order valence-electron chi connectivity index (χ1n) is 10.2. The molecule has 2 aromatic carbocycles. The molecule has 0 atom stereocenters. The number of nitrogens with one attached hydrogen (secondary N) is 2. The molecule has 0 unspecified atom stereocenters. The monoisotopic (exact) mass is 440 g/mol. The number of aryl methyl sites for hydroxylation is 3. The fourth-order valence-corrected chi connectivity index (χ4v) is 5.11. The molecule has 164 valence electrons. The lowest BCUT2D eigenvalue weighted by Gasteiger charge is -2.13. The number of hydrogen-bond donors (Lipinski definition) is 2. The molecule has 8 heteroatoms. The maximum Gasteiger partial charge on any atom is 0.241 e. The average Bonchev–Trinajstić information content (AvgIpc) is 3.22. The minimum Gasteiger partial charge on any atom is -0.356 e. The summed E-state index contributed by atoms with van der Waals surface area (Å²) in [6, 6.07) is 13.5. The van der Waals surface area contributed by atoms with Gasteiger partial charge in [-0.1, -0.05) is 29.8 Å². The standard InChI is InChI=1S/C23H28N4O3S/c1-17-15-18(2)23(19(3)16-17)31(29,30)26-13-10-22(28)24-12-9-20-5-7-21(8-6-20)27-14-4-11-25-27/h4-8,11,14-16,26H,9-10,12-13H2,1-3H3,(H,24,28). The highest BCUT2D eigenvalue weighted by molar-refractivity contribution is 7.89. The predicted molar refractivity (Wildman–Crippen MR) is 121 cm³/mol. The third-order valence-corrected chi connectivity index (χ3v) is 6.72. The summed E-state index contributed by atoms with van der Waals surface area (Å²) in [5.41, 5.74) is 4.50. The van der Waals surface area contributed by atoms with E-state index in [1.165, 1.54) is 0 Å². The maximum atomic E-state index is 12.6. The van der Waals surface area contributed by atoms with Gasteiger partial charge in [-0.05, 0) is 62.1 Å². The molecule has 0 aliphatic rings. The van der Waals surface area contributed by atoms with Gasteiger partial charge in [0.1, 0.15) is 0 Å². The molecular weight excluding hydrogens is 412 g/mol. The zero-order valence-corrected chi connectivity index (χ0v) is 18.9. The minimum atomic E-state index is -3.66. The molecule has 1 aromatic heterocycles. The van der Waals surface area contributed by atoms with E-state index < -0.39 is 10.0 Å². The molecule has 0 spiro atoms.